The highest BCUT2D eigenvalue weighted by Crippen LogP contribution is 2.32. The zero-order chi connectivity index (χ0) is 26.9. The van der Waals surface area contributed by atoms with Crippen LogP contribution in [0.25, 0.3) is 0 Å². The number of rotatable bonds is 10. The van der Waals surface area contributed by atoms with Gasteiger partial charge in [0, 0.05) is 4.47 Å². The van der Waals surface area contributed by atoms with E-state index in [-0.39, 0.29) is 18.3 Å². The molecule has 0 unspecified atom stereocenters. The number of ether oxygens (including phenoxy) is 4. The van der Waals surface area contributed by atoms with Crippen molar-refractivity contribution >= 4 is 34.0 Å². The number of halogens is 1. The largest absolute Gasteiger partial charge is 0.497 e. The highest BCUT2D eigenvalue weighted by Gasteiger charge is 2.14. The summed E-state index contributed by atoms with van der Waals surface area (Å²) in [5, 5.41) is 3.99. The average Bonchev–Trinajstić information content (AvgIpc) is 2.89. The number of benzene rings is 3. The van der Waals surface area contributed by atoms with Crippen molar-refractivity contribution in [1.82, 2.24) is 5.43 Å². The molecule has 3 rings (SSSR count). The second kappa shape index (κ2) is 12.9. The van der Waals surface area contributed by atoms with E-state index in [1.165, 1.54) is 13.3 Å². The van der Waals surface area contributed by atoms with Crippen LogP contribution in [0, 0.1) is 6.92 Å². The number of carbonyl (C=O) groups excluding carboxylic acids is 2. The first-order chi connectivity index (χ1) is 17.7. The molecule has 1 amide bonds. The normalized spacial score (nSPS) is 10.9. The molecule has 0 heterocycles. The van der Waals surface area contributed by atoms with Crippen molar-refractivity contribution in [3.05, 3.63) is 81.3 Å². The van der Waals surface area contributed by atoms with Crippen LogP contribution in [-0.4, -0.2) is 38.9 Å². The topological polar surface area (TPSA) is 95.5 Å². The van der Waals surface area contributed by atoms with Crippen molar-refractivity contribution in [3.8, 4) is 23.0 Å². The van der Waals surface area contributed by atoms with Gasteiger partial charge in [-0.3, -0.25) is 4.79 Å². The number of hydrazone groups is 1. The molecule has 0 saturated carbocycles. The molecule has 37 heavy (non-hydrogen) atoms. The van der Waals surface area contributed by atoms with E-state index in [4.69, 9.17) is 18.9 Å². The summed E-state index contributed by atoms with van der Waals surface area (Å²) in [4.78, 5) is 24.7. The van der Waals surface area contributed by atoms with E-state index < -0.39 is 11.9 Å². The van der Waals surface area contributed by atoms with Crippen molar-refractivity contribution in [1.29, 1.82) is 0 Å². The summed E-state index contributed by atoms with van der Waals surface area (Å²) in [6.45, 7) is 5.91. The van der Waals surface area contributed by atoms with E-state index in [9.17, 15) is 9.59 Å². The van der Waals surface area contributed by atoms with E-state index >= 15 is 0 Å². The third-order valence-corrected chi connectivity index (χ3v) is 6.25. The molecule has 0 atom stereocenters. The molecule has 0 radical (unpaired) electrons. The Morgan fingerprint density at radius 3 is 2.35 bits per heavy atom. The molecule has 0 spiro atoms. The van der Waals surface area contributed by atoms with Crippen LogP contribution in [-0.2, 0) is 4.79 Å². The van der Waals surface area contributed by atoms with Crippen molar-refractivity contribution < 1.29 is 28.5 Å². The summed E-state index contributed by atoms with van der Waals surface area (Å²) in [6, 6.07) is 15.4. The molecular formula is C28H29BrN2O6. The Balaban J connectivity index is 1.59. The molecule has 8 nitrogen and oxygen atoms in total. The third kappa shape index (κ3) is 7.57. The van der Waals surface area contributed by atoms with Gasteiger partial charge in [0.2, 0.25) is 0 Å². The Morgan fingerprint density at radius 1 is 0.973 bits per heavy atom. The molecule has 9 heteroatoms. The minimum absolute atomic E-state index is 0.179. The lowest BCUT2D eigenvalue weighted by molar-refractivity contribution is -0.123. The second-order valence-electron chi connectivity index (χ2n) is 8.40. The SMILES string of the molecule is COc1ccc(C(=O)Oc2ccc(C=NNC(=O)COc3cc(C)c(Br)cc3C(C)C)cc2OC)cc1. The van der Waals surface area contributed by atoms with Crippen LogP contribution in [0.15, 0.2) is 64.2 Å². The molecule has 0 aromatic heterocycles. The molecule has 0 saturated heterocycles. The van der Waals surface area contributed by atoms with E-state index in [0.29, 0.717) is 28.4 Å². The van der Waals surface area contributed by atoms with Gasteiger partial charge in [-0.15, -0.1) is 0 Å². The standard InChI is InChI=1S/C28H29BrN2O6/c1-17(2)22-14-23(29)18(3)12-25(22)36-16-27(32)31-30-15-19-6-11-24(26(13-19)35-5)37-28(33)20-7-9-21(34-4)10-8-20/h6-15,17H,16H2,1-5H3,(H,31,32). The predicted octanol–water partition coefficient (Wildman–Crippen LogP) is 5.65. The number of nitrogens with zero attached hydrogens (tertiary/aromatic N) is 1. The van der Waals surface area contributed by atoms with Crippen LogP contribution >= 0.6 is 15.9 Å². The van der Waals surface area contributed by atoms with Gasteiger partial charge in [-0.05, 0) is 84.1 Å². The summed E-state index contributed by atoms with van der Waals surface area (Å²) in [5.41, 5.74) is 5.48. The summed E-state index contributed by atoms with van der Waals surface area (Å²) >= 11 is 3.54. The highest BCUT2D eigenvalue weighted by molar-refractivity contribution is 9.10. The van der Waals surface area contributed by atoms with Crippen LogP contribution in [0.2, 0.25) is 0 Å². The molecular weight excluding hydrogens is 540 g/mol. The van der Waals surface area contributed by atoms with Gasteiger partial charge in [-0.25, -0.2) is 10.2 Å². The van der Waals surface area contributed by atoms with Crippen molar-refractivity contribution in [3.63, 3.8) is 0 Å². The van der Waals surface area contributed by atoms with Gasteiger partial charge in [0.1, 0.15) is 11.5 Å². The van der Waals surface area contributed by atoms with Gasteiger partial charge in [-0.2, -0.15) is 5.10 Å². The van der Waals surface area contributed by atoms with Crippen molar-refractivity contribution in [2.75, 3.05) is 20.8 Å². The minimum Gasteiger partial charge on any atom is -0.497 e. The summed E-state index contributed by atoms with van der Waals surface area (Å²) in [5.74, 6) is 1.21. The van der Waals surface area contributed by atoms with Gasteiger partial charge < -0.3 is 18.9 Å². The van der Waals surface area contributed by atoms with Gasteiger partial charge in [-0.1, -0.05) is 29.8 Å². The van der Waals surface area contributed by atoms with E-state index in [1.807, 2.05) is 19.1 Å². The molecule has 0 fully saturated rings. The van der Waals surface area contributed by atoms with E-state index in [0.717, 1.165) is 15.6 Å². The Labute approximate surface area is 224 Å². The number of carbonyl (C=O) groups is 2. The number of nitrogens with one attached hydrogen (secondary N) is 1. The minimum atomic E-state index is -0.531. The number of hydrogen-bond acceptors (Lipinski definition) is 7. The first-order valence-electron chi connectivity index (χ1n) is 11.5. The Bertz CT molecular complexity index is 1290. The molecule has 1 N–H and O–H groups in total. The molecule has 3 aromatic carbocycles. The van der Waals surface area contributed by atoms with Gasteiger partial charge >= 0.3 is 5.97 Å². The average molecular weight is 569 g/mol. The molecule has 3 aromatic rings. The first kappa shape index (κ1) is 27.7. The second-order valence-corrected chi connectivity index (χ2v) is 9.26. The molecule has 0 aliphatic carbocycles. The van der Waals surface area contributed by atoms with E-state index in [2.05, 4.69) is 40.3 Å². The quantitative estimate of drug-likeness (QED) is 0.147. The predicted molar refractivity (Wildman–Crippen MR) is 145 cm³/mol. The van der Waals surface area contributed by atoms with Crippen molar-refractivity contribution in [2.45, 2.75) is 26.7 Å². The molecule has 0 aliphatic heterocycles. The molecule has 194 valence electrons. The lowest BCUT2D eigenvalue weighted by Crippen LogP contribution is -2.25. The van der Waals surface area contributed by atoms with Gasteiger partial charge in [0.05, 0.1) is 26.0 Å². The summed E-state index contributed by atoms with van der Waals surface area (Å²) in [7, 11) is 3.02. The van der Waals surface area contributed by atoms with Gasteiger partial charge in [0.15, 0.2) is 18.1 Å². The zero-order valence-electron chi connectivity index (χ0n) is 21.3. The van der Waals surface area contributed by atoms with Crippen LogP contribution in [0.5, 0.6) is 23.0 Å². The lowest BCUT2D eigenvalue weighted by atomic mass is 10.0. The number of amides is 1. The van der Waals surface area contributed by atoms with Crippen LogP contribution < -0.4 is 24.4 Å². The number of aryl methyl sites for hydroxylation is 1. The third-order valence-electron chi connectivity index (χ3n) is 5.39. The maximum absolute atomic E-state index is 12.5. The smallest absolute Gasteiger partial charge is 0.343 e. The Morgan fingerprint density at radius 2 is 1.70 bits per heavy atom. The molecule has 0 aliphatic rings. The fourth-order valence-electron chi connectivity index (χ4n) is 3.34. The fraction of sp³-hybridized carbons (Fsp3) is 0.250. The van der Waals surface area contributed by atoms with Crippen molar-refractivity contribution in [2.24, 2.45) is 5.10 Å². The maximum Gasteiger partial charge on any atom is 0.343 e. The fourth-order valence-corrected chi connectivity index (χ4v) is 3.70. The lowest BCUT2D eigenvalue weighted by Gasteiger charge is -2.15. The number of methoxy groups -OCH3 is 2. The summed E-state index contributed by atoms with van der Waals surface area (Å²) in [6.07, 6.45) is 1.46. The highest BCUT2D eigenvalue weighted by atomic mass is 79.9. The Hall–Kier alpha value is -3.85. The van der Waals surface area contributed by atoms with Crippen LogP contribution in [0.4, 0.5) is 0 Å². The van der Waals surface area contributed by atoms with Gasteiger partial charge in [0.25, 0.3) is 5.91 Å². The summed E-state index contributed by atoms with van der Waals surface area (Å²) < 4.78 is 22.7. The monoisotopic (exact) mass is 568 g/mol. The van der Waals surface area contributed by atoms with Crippen LogP contribution in [0.1, 0.15) is 46.8 Å². The van der Waals surface area contributed by atoms with Crippen LogP contribution in [0.3, 0.4) is 0 Å². The Kier molecular flexibility index (Phi) is 9.68. The maximum atomic E-state index is 12.5. The zero-order valence-corrected chi connectivity index (χ0v) is 22.9. The first-order valence-corrected chi connectivity index (χ1v) is 12.3. The van der Waals surface area contributed by atoms with E-state index in [1.54, 1.807) is 49.6 Å². The number of esters is 1. The number of hydrogen-bond donors (Lipinski definition) is 1. The molecule has 0 bridgehead atoms.